The molecule has 0 radical (unpaired) electrons. The summed E-state index contributed by atoms with van der Waals surface area (Å²) in [6, 6.07) is 15.2. The second-order valence-electron chi connectivity index (χ2n) is 7.83. The third kappa shape index (κ3) is 3.14. The number of rotatable bonds is 3. The van der Waals surface area contributed by atoms with Crippen molar-refractivity contribution < 1.29 is 14.3 Å². The van der Waals surface area contributed by atoms with E-state index in [0.717, 1.165) is 16.8 Å². The number of pyridine rings is 2. The third-order valence-electron chi connectivity index (χ3n) is 6.10. The quantitative estimate of drug-likeness (QED) is 0.663. The second kappa shape index (κ2) is 7.37. The minimum Gasteiger partial charge on any atom is -0.450 e. The fourth-order valence-electron chi connectivity index (χ4n) is 4.51. The van der Waals surface area contributed by atoms with Crippen LogP contribution in [0.3, 0.4) is 0 Å². The fourth-order valence-corrected chi connectivity index (χ4v) is 4.51. The van der Waals surface area contributed by atoms with E-state index in [4.69, 9.17) is 4.74 Å². The van der Waals surface area contributed by atoms with E-state index in [1.54, 1.807) is 24.7 Å². The third-order valence-corrected chi connectivity index (χ3v) is 6.10. The Balaban J connectivity index is 1.31. The number of ether oxygens (including phenoxy) is 1. The molecular formula is C24H21N3O3. The minimum absolute atomic E-state index is 0.0224. The number of nitrogens with zero attached hydrogens (tertiary/aromatic N) is 2. The summed E-state index contributed by atoms with van der Waals surface area (Å²) in [7, 11) is 0. The van der Waals surface area contributed by atoms with E-state index in [1.807, 2.05) is 42.5 Å². The summed E-state index contributed by atoms with van der Waals surface area (Å²) in [4.78, 5) is 33.9. The van der Waals surface area contributed by atoms with Gasteiger partial charge in [0.2, 0.25) is 5.91 Å². The van der Waals surface area contributed by atoms with E-state index in [2.05, 4.69) is 15.3 Å². The average Bonchev–Trinajstić information content (AvgIpc) is 3.07. The van der Waals surface area contributed by atoms with Crippen molar-refractivity contribution in [3.8, 4) is 11.3 Å². The lowest BCUT2D eigenvalue weighted by Gasteiger charge is -2.35. The Kier molecular flexibility index (Phi) is 4.54. The molecule has 0 saturated heterocycles. The Hall–Kier alpha value is -3.54. The number of benzene rings is 1. The van der Waals surface area contributed by atoms with Gasteiger partial charge in [-0.2, -0.15) is 0 Å². The van der Waals surface area contributed by atoms with Crippen molar-refractivity contribution in [2.24, 2.45) is 5.92 Å². The topological polar surface area (TPSA) is 81.2 Å². The van der Waals surface area contributed by atoms with Crippen LogP contribution in [0.15, 0.2) is 67.1 Å². The molecule has 1 spiro atoms. The average molecular weight is 399 g/mol. The summed E-state index contributed by atoms with van der Waals surface area (Å²) >= 11 is 0. The van der Waals surface area contributed by atoms with Crippen molar-refractivity contribution in [1.82, 2.24) is 9.97 Å². The fraction of sp³-hybridized carbons (Fsp3) is 0.250. The van der Waals surface area contributed by atoms with Crippen LogP contribution in [0.1, 0.15) is 41.6 Å². The molecular weight excluding hydrogens is 378 g/mol. The first-order valence-corrected chi connectivity index (χ1v) is 10.2. The van der Waals surface area contributed by atoms with Crippen molar-refractivity contribution in [1.29, 1.82) is 0 Å². The Morgan fingerprint density at radius 1 is 1.03 bits per heavy atom. The summed E-state index contributed by atoms with van der Waals surface area (Å²) in [5, 5.41) is 3.06. The molecule has 5 rings (SSSR count). The van der Waals surface area contributed by atoms with Gasteiger partial charge >= 0.3 is 5.97 Å². The van der Waals surface area contributed by atoms with Crippen molar-refractivity contribution in [2.75, 3.05) is 5.32 Å². The zero-order chi connectivity index (χ0) is 20.6. The molecule has 1 N–H and O–H groups in total. The predicted molar refractivity (Wildman–Crippen MR) is 112 cm³/mol. The highest BCUT2D eigenvalue weighted by Gasteiger charge is 2.48. The van der Waals surface area contributed by atoms with E-state index in [-0.39, 0.29) is 17.8 Å². The van der Waals surface area contributed by atoms with Gasteiger partial charge in [0.15, 0.2) is 0 Å². The number of hydrogen-bond donors (Lipinski definition) is 1. The number of esters is 1. The molecule has 1 aliphatic heterocycles. The van der Waals surface area contributed by atoms with Crippen molar-refractivity contribution in [3.63, 3.8) is 0 Å². The van der Waals surface area contributed by atoms with Crippen LogP contribution in [0, 0.1) is 5.92 Å². The van der Waals surface area contributed by atoms with Crippen LogP contribution in [0.5, 0.6) is 0 Å². The number of fused-ring (bicyclic) bond motifs is 2. The Labute approximate surface area is 174 Å². The monoisotopic (exact) mass is 399 g/mol. The van der Waals surface area contributed by atoms with Gasteiger partial charge in [0.05, 0.1) is 16.9 Å². The molecule has 0 atom stereocenters. The van der Waals surface area contributed by atoms with Gasteiger partial charge in [0.1, 0.15) is 5.60 Å². The molecule has 30 heavy (non-hydrogen) atoms. The highest BCUT2D eigenvalue weighted by atomic mass is 16.6. The van der Waals surface area contributed by atoms with Crippen molar-refractivity contribution in [2.45, 2.75) is 31.3 Å². The normalized spacial score (nSPS) is 22.4. The van der Waals surface area contributed by atoms with Crippen LogP contribution in [-0.2, 0) is 15.1 Å². The maximum atomic E-state index is 13.0. The molecule has 1 aliphatic carbocycles. The second-order valence-corrected chi connectivity index (χ2v) is 7.83. The summed E-state index contributed by atoms with van der Waals surface area (Å²) in [6.07, 6.45) is 7.59. The lowest BCUT2D eigenvalue weighted by molar-refractivity contribution is -0.122. The highest BCUT2D eigenvalue weighted by molar-refractivity contribution is 5.96. The van der Waals surface area contributed by atoms with E-state index < -0.39 is 5.60 Å². The molecule has 6 nitrogen and oxygen atoms in total. The molecule has 2 aliphatic rings. The Morgan fingerprint density at radius 3 is 2.63 bits per heavy atom. The Morgan fingerprint density at radius 2 is 1.83 bits per heavy atom. The van der Waals surface area contributed by atoms with Gasteiger partial charge in [-0.05, 0) is 43.9 Å². The number of nitrogens with one attached hydrogen (secondary N) is 1. The first-order chi connectivity index (χ1) is 14.7. The number of amides is 1. The summed E-state index contributed by atoms with van der Waals surface area (Å²) in [6.45, 7) is 0. The van der Waals surface area contributed by atoms with Gasteiger partial charge in [-0.1, -0.05) is 30.3 Å². The Bertz CT molecular complexity index is 1110. The van der Waals surface area contributed by atoms with Gasteiger partial charge in [0.25, 0.3) is 0 Å². The molecule has 0 bridgehead atoms. The number of carbonyl (C=O) groups is 2. The van der Waals surface area contributed by atoms with Gasteiger partial charge in [0, 0.05) is 35.6 Å². The summed E-state index contributed by atoms with van der Waals surface area (Å²) in [5.41, 5.74) is 3.22. The number of aromatic nitrogens is 2. The summed E-state index contributed by atoms with van der Waals surface area (Å²) in [5.74, 6) is -0.456. The minimum atomic E-state index is -0.638. The molecule has 1 saturated carbocycles. The zero-order valence-electron chi connectivity index (χ0n) is 16.4. The molecule has 1 fully saturated rings. The highest BCUT2D eigenvalue weighted by Crippen LogP contribution is 2.48. The van der Waals surface area contributed by atoms with Gasteiger partial charge in [-0.3, -0.25) is 14.8 Å². The molecule has 0 unspecified atom stereocenters. The smallest absolute Gasteiger partial charge is 0.339 e. The first kappa shape index (κ1) is 18.5. The van der Waals surface area contributed by atoms with Crippen LogP contribution in [0.2, 0.25) is 0 Å². The van der Waals surface area contributed by atoms with E-state index in [1.165, 1.54) is 0 Å². The van der Waals surface area contributed by atoms with E-state index in [9.17, 15) is 9.59 Å². The molecule has 2 aromatic heterocycles. The molecule has 3 heterocycles. The summed E-state index contributed by atoms with van der Waals surface area (Å²) < 4.78 is 5.76. The van der Waals surface area contributed by atoms with Gasteiger partial charge < -0.3 is 10.1 Å². The maximum absolute atomic E-state index is 13.0. The SMILES string of the molecule is O=C1O[C@]2(CC[C@@H](C(=O)Nc3cccnc3-c3ccccc3)CC2)c2cnccc21. The molecule has 1 amide bonds. The van der Waals surface area contributed by atoms with Crippen molar-refractivity contribution in [3.05, 3.63) is 78.2 Å². The lowest BCUT2D eigenvalue weighted by Crippen LogP contribution is -2.36. The number of hydrogen-bond acceptors (Lipinski definition) is 5. The molecule has 150 valence electrons. The molecule has 6 heteroatoms. The maximum Gasteiger partial charge on any atom is 0.339 e. The lowest BCUT2D eigenvalue weighted by atomic mass is 9.75. The number of carbonyl (C=O) groups excluding carboxylic acids is 2. The van der Waals surface area contributed by atoms with Crippen LogP contribution in [0.4, 0.5) is 5.69 Å². The largest absolute Gasteiger partial charge is 0.450 e. The molecule has 3 aromatic rings. The zero-order valence-corrected chi connectivity index (χ0v) is 16.4. The van der Waals surface area contributed by atoms with Crippen molar-refractivity contribution >= 4 is 17.6 Å². The van der Waals surface area contributed by atoms with Crippen LogP contribution >= 0.6 is 0 Å². The van der Waals surface area contributed by atoms with Crippen LogP contribution in [-0.4, -0.2) is 21.8 Å². The first-order valence-electron chi connectivity index (χ1n) is 10.2. The van der Waals surface area contributed by atoms with E-state index >= 15 is 0 Å². The van der Waals surface area contributed by atoms with Crippen LogP contribution < -0.4 is 5.32 Å². The number of anilines is 1. The van der Waals surface area contributed by atoms with E-state index in [0.29, 0.717) is 36.9 Å². The predicted octanol–water partition coefficient (Wildman–Crippen LogP) is 4.34. The van der Waals surface area contributed by atoms with Crippen LogP contribution in [0.25, 0.3) is 11.3 Å². The standard InChI is InChI=1S/C24H21N3O3/c28-22(27-20-7-4-13-26-21(20)16-5-2-1-3-6-16)17-8-11-24(12-9-17)19-15-25-14-10-18(19)23(29)30-24/h1-7,10,13-15,17H,8-9,11-12H2,(H,27,28)/t17-,24+. The van der Waals surface area contributed by atoms with Gasteiger partial charge in [-0.15, -0.1) is 0 Å². The van der Waals surface area contributed by atoms with Gasteiger partial charge in [-0.25, -0.2) is 4.79 Å². The molecule has 1 aromatic carbocycles.